The Morgan fingerprint density at radius 3 is 2.47 bits per heavy atom. The van der Waals surface area contributed by atoms with Crippen LogP contribution in [0, 0.1) is 5.82 Å². The van der Waals surface area contributed by atoms with Crippen molar-refractivity contribution < 1.29 is 50.5 Å². The van der Waals surface area contributed by atoms with Crippen LogP contribution >= 0.6 is 11.6 Å². The third-order valence-electron chi connectivity index (χ3n) is 4.89. The number of amidine groups is 1. The zero-order chi connectivity index (χ0) is 28.5. The zero-order valence-electron chi connectivity index (χ0n) is 19.4. The number of hydrogen-bond donors (Lipinski definition) is 4. The molecule has 0 saturated carbocycles. The fourth-order valence-corrected chi connectivity index (χ4v) is 4.43. The topological polar surface area (TPSA) is 193 Å². The predicted octanol–water partition coefficient (Wildman–Crippen LogP) is 1.65. The number of carboxylic acid groups (broad SMARTS) is 1. The molecule has 5 N–H and O–H groups in total. The van der Waals surface area contributed by atoms with Crippen LogP contribution < -0.4 is 11.2 Å². The molecule has 1 aromatic carbocycles. The number of ether oxygens (including phenoxy) is 1. The summed E-state index contributed by atoms with van der Waals surface area (Å²) in [5.41, 5.74) is 7.49. The van der Waals surface area contributed by atoms with Crippen LogP contribution in [0.15, 0.2) is 27.8 Å². The number of nitrogens with zero attached hydrogens (tertiary/aromatic N) is 4. The Labute approximate surface area is 218 Å². The second kappa shape index (κ2) is 13.8. The Balaban J connectivity index is 0.000000638. The summed E-state index contributed by atoms with van der Waals surface area (Å²) in [7, 11) is -3.81. The summed E-state index contributed by atoms with van der Waals surface area (Å²) >= 11 is 5.73. The Morgan fingerprint density at radius 2 is 1.92 bits per heavy atom. The molecule has 19 heteroatoms. The highest BCUT2D eigenvalue weighted by atomic mass is 35.5. The Hall–Kier alpha value is -2.90. The number of alkyl halides is 3. The van der Waals surface area contributed by atoms with Gasteiger partial charge < -0.3 is 15.6 Å². The van der Waals surface area contributed by atoms with E-state index in [4.69, 9.17) is 32.0 Å². The van der Waals surface area contributed by atoms with Crippen LogP contribution in [0.25, 0.3) is 0 Å². The van der Waals surface area contributed by atoms with Crippen LogP contribution in [0.1, 0.15) is 23.2 Å². The van der Waals surface area contributed by atoms with E-state index in [-0.39, 0.29) is 33.7 Å². The zero-order valence-corrected chi connectivity index (χ0v) is 20.9. The van der Waals surface area contributed by atoms with Gasteiger partial charge in [0.15, 0.2) is 26.7 Å². The summed E-state index contributed by atoms with van der Waals surface area (Å²) in [6.45, 7) is 3.33. The minimum atomic E-state index is -5.08. The molecule has 1 aliphatic heterocycles. The number of carbonyl (C=O) groups is 1. The van der Waals surface area contributed by atoms with Gasteiger partial charge in [-0.1, -0.05) is 16.8 Å². The lowest BCUT2D eigenvalue weighted by atomic mass is 10.2. The average Bonchev–Trinajstić information content (AvgIpc) is 3.34. The van der Waals surface area contributed by atoms with E-state index in [1.54, 1.807) is 5.48 Å². The van der Waals surface area contributed by atoms with E-state index in [1.807, 2.05) is 0 Å². The molecule has 1 atom stereocenters. The third kappa shape index (κ3) is 9.14. The largest absolute Gasteiger partial charge is 0.490 e. The van der Waals surface area contributed by atoms with Crippen molar-refractivity contribution in [3.05, 3.63) is 40.4 Å². The summed E-state index contributed by atoms with van der Waals surface area (Å²) < 4.78 is 80.4. The molecule has 0 spiro atoms. The van der Waals surface area contributed by atoms with Gasteiger partial charge in [-0.2, -0.15) is 13.2 Å². The van der Waals surface area contributed by atoms with Crippen molar-refractivity contribution in [3.8, 4) is 0 Å². The normalized spacial score (nSPS) is 15.9. The standard InChI is InChI=1S/C17H22ClFN6O5S.C2HF3O2/c18-12-10-11(2-3-13(12)19)21-17(22-26)15-14(23-30-24-15)16(20)31(27,28)9-1-4-25-5-7-29-8-6-25;3-2(4,5)1(6)7/h2-3,10,16,26H,1,4-9,20H2,(H,21,22);(H,6,7). The number of aliphatic imine (C=N–C) groups is 1. The SMILES string of the molecule is NC(c1nonc1C(=Nc1ccc(F)c(Cl)c1)NO)S(=O)(=O)CCCN1CCOCC1.O=C(O)C(F)(F)F. The van der Waals surface area contributed by atoms with Gasteiger partial charge in [0.2, 0.25) is 0 Å². The monoisotopic (exact) mass is 590 g/mol. The Bertz CT molecular complexity index is 1220. The van der Waals surface area contributed by atoms with Gasteiger partial charge >= 0.3 is 12.1 Å². The van der Waals surface area contributed by atoms with E-state index in [2.05, 4.69) is 24.8 Å². The molecule has 0 amide bonds. The molecular formula is C19H23ClF4N6O7S. The molecule has 2 heterocycles. The number of nitrogens with two attached hydrogens (primary N) is 1. The number of morpholine rings is 1. The predicted molar refractivity (Wildman–Crippen MR) is 123 cm³/mol. The molecule has 1 aromatic heterocycles. The Morgan fingerprint density at radius 1 is 1.29 bits per heavy atom. The Kier molecular flexibility index (Phi) is 11.3. The van der Waals surface area contributed by atoms with Crippen molar-refractivity contribution in [3.63, 3.8) is 0 Å². The van der Waals surface area contributed by atoms with Crippen LogP contribution in [0.2, 0.25) is 5.02 Å². The van der Waals surface area contributed by atoms with E-state index in [0.717, 1.165) is 19.2 Å². The number of halogens is 5. The van der Waals surface area contributed by atoms with E-state index in [9.17, 15) is 31.2 Å². The first kappa shape index (κ1) is 31.3. The third-order valence-corrected chi connectivity index (χ3v) is 7.04. The lowest BCUT2D eigenvalue weighted by Crippen LogP contribution is -2.37. The van der Waals surface area contributed by atoms with E-state index < -0.39 is 33.2 Å². The van der Waals surface area contributed by atoms with Gasteiger partial charge in [0.1, 0.15) is 11.5 Å². The molecule has 1 fully saturated rings. The van der Waals surface area contributed by atoms with Crippen molar-refractivity contribution in [2.45, 2.75) is 18.0 Å². The number of rotatable bonds is 8. The van der Waals surface area contributed by atoms with Gasteiger partial charge in [-0.05, 0) is 36.3 Å². The maximum Gasteiger partial charge on any atom is 0.490 e. The van der Waals surface area contributed by atoms with Crippen LogP contribution in [0.5, 0.6) is 0 Å². The molecule has 0 radical (unpaired) electrons. The average molecular weight is 591 g/mol. The van der Waals surface area contributed by atoms with Gasteiger partial charge in [0.25, 0.3) is 0 Å². The second-order valence-electron chi connectivity index (χ2n) is 7.57. The summed E-state index contributed by atoms with van der Waals surface area (Å²) in [6, 6.07) is 3.60. The molecule has 38 heavy (non-hydrogen) atoms. The number of carboxylic acids is 1. The molecule has 212 valence electrons. The van der Waals surface area contributed by atoms with Crippen molar-refractivity contribution in [1.82, 2.24) is 20.7 Å². The van der Waals surface area contributed by atoms with Crippen LogP contribution in [-0.4, -0.2) is 90.5 Å². The highest BCUT2D eigenvalue weighted by Crippen LogP contribution is 2.24. The summed E-state index contributed by atoms with van der Waals surface area (Å²) in [6.07, 6.45) is -4.70. The molecular weight excluding hydrogens is 568 g/mol. The molecule has 1 aliphatic rings. The number of nitrogens with one attached hydrogen (secondary N) is 1. The van der Waals surface area contributed by atoms with Gasteiger partial charge in [0, 0.05) is 13.1 Å². The number of hydrogen-bond acceptors (Lipinski definition) is 11. The fraction of sp³-hybridized carbons (Fsp3) is 0.474. The summed E-state index contributed by atoms with van der Waals surface area (Å²) in [5.74, 6) is -3.87. The maximum atomic E-state index is 13.3. The first-order valence-corrected chi connectivity index (χ1v) is 12.7. The van der Waals surface area contributed by atoms with E-state index in [0.29, 0.717) is 26.2 Å². The number of hydroxylamine groups is 1. The van der Waals surface area contributed by atoms with Crippen molar-refractivity contribution in [1.29, 1.82) is 0 Å². The lowest BCUT2D eigenvalue weighted by Gasteiger charge is -2.26. The van der Waals surface area contributed by atoms with Crippen molar-refractivity contribution >= 4 is 38.9 Å². The number of benzene rings is 1. The fourth-order valence-electron chi connectivity index (χ4n) is 2.97. The van der Waals surface area contributed by atoms with Gasteiger partial charge in [-0.15, -0.1) is 0 Å². The molecule has 0 aliphatic carbocycles. The van der Waals surface area contributed by atoms with Gasteiger partial charge in [-0.3, -0.25) is 15.6 Å². The number of sulfone groups is 1. The van der Waals surface area contributed by atoms with Crippen molar-refractivity contribution in [2.75, 3.05) is 38.6 Å². The van der Waals surface area contributed by atoms with Gasteiger partial charge in [0.05, 0.1) is 29.7 Å². The van der Waals surface area contributed by atoms with E-state index >= 15 is 0 Å². The molecule has 3 rings (SSSR count). The minimum absolute atomic E-state index is 0.166. The number of aromatic nitrogens is 2. The second-order valence-corrected chi connectivity index (χ2v) is 10.2. The molecule has 1 unspecified atom stereocenters. The van der Waals surface area contributed by atoms with Crippen LogP contribution in [-0.2, 0) is 19.4 Å². The number of aliphatic carboxylic acids is 1. The molecule has 2 aromatic rings. The summed E-state index contributed by atoms with van der Waals surface area (Å²) in [4.78, 5) is 15.1. The first-order chi connectivity index (χ1) is 17.8. The van der Waals surface area contributed by atoms with Crippen molar-refractivity contribution in [2.24, 2.45) is 10.7 Å². The summed E-state index contributed by atoms with van der Waals surface area (Å²) in [5, 5.41) is 22.1. The molecule has 13 nitrogen and oxygen atoms in total. The molecule has 1 saturated heterocycles. The van der Waals surface area contributed by atoms with Crippen LogP contribution in [0.3, 0.4) is 0 Å². The maximum absolute atomic E-state index is 13.3. The smallest absolute Gasteiger partial charge is 0.475 e. The van der Waals surface area contributed by atoms with E-state index in [1.165, 1.54) is 12.1 Å². The van der Waals surface area contributed by atoms with Gasteiger partial charge in [-0.25, -0.2) is 27.2 Å². The highest BCUT2D eigenvalue weighted by Gasteiger charge is 2.38. The minimum Gasteiger partial charge on any atom is -0.475 e. The van der Waals surface area contributed by atoms with Crippen LogP contribution in [0.4, 0.5) is 23.2 Å². The lowest BCUT2D eigenvalue weighted by molar-refractivity contribution is -0.192. The molecule has 0 bridgehead atoms. The first-order valence-electron chi connectivity index (χ1n) is 10.6. The highest BCUT2D eigenvalue weighted by molar-refractivity contribution is 7.91. The quantitative estimate of drug-likeness (QED) is 0.150.